The third kappa shape index (κ3) is 2.66. The molecule has 0 radical (unpaired) electrons. The number of hydrogen-bond donors (Lipinski definition) is 1. The fraction of sp³-hybridized carbons (Fsp3) is 0.500. The molecule has 1 aliphatic rings. The van der Waals surface area contributed by atoms with Crippen molar-refractivity contribution in [2.24, 2.45) is 0 Å². The highest BCUT2D eigenvalue weighted by Crippen LogP contribution is 2.27. The summed E-state index contributed by atoms with van der Waals surface area (Å²) in [7, 11) is 2.19. The number of aromatic nitrogens is 4. The van der Waals surface area contributed by atoms with E-state index < -0.39 is 0 Å². The van der Waals surface area contributed by atoms with Gasteiger partial charge in [-0.2, -0.15) is 5.10 Å². The highest BCUT2D eigenvalue weighted by atomic mass is 32.1. The molecular formula is C14H19N5S. The number of H-pyrrole nitrogens is 1. The van der Waals surface area contributed by atoms with Crippen molar-refractivity contribution in [1.82, 2.24) is 24.6 Å². The fourth-order valence-corrected chi connectivity index (χ4v) is 2.64. The van der Waals surface area contributed by atoms with Gasteiger partial charge < -0.3 is 0 Å². The Bertz CT molecular complexity index is 629. The molecular weight excluding hydrogens is 270 g/mol. The Morgan fingerprint density at radius 3 is 3.00 bits per heavy atom. The molecule has 1 atom stereocenters. The first-order chi connectivity index (χ1) is 9.66. The highest BCUT2D eigenvalue weighted by molar-refractivity contribution is 7.71. The summed E-state index contributed by atoms with van der Waals surface area (Å²) in [5.41, 5.74) is 0.987. The van der Waals surface area contributed by atoms with Gasteiger partial charge in [-0.05, 0) is 51.2 Å². The predicted octanol–water partition coefficient (Wildman–Crippen LogP) is 2.49. The van der Waals surface area contributed by atoms with Gasteiger partial charge in [0.05, 0.1) is 0 Å². The van der Waals surface area contributed by atoms with E-state index in [4.69, 9.17) is 12.2 Å². The lowest BCUT2D eigenvalue weighted by Crippen LogP contribution is -2.34. The van der Waals surface area contributed by atoms with Crippen LogP contribution >= 0.6 is 12.2 Å². The molecule has 20 heavy (non-hydrogen) atoms. The molecule has 106 valence electrons. The van der Waals surface area contributed by atoms with Gasteiger partial charge in [-0.15, -0.1) is 0 Å². The second-order valence-corrected chi connectivity index (χ2v) is 5.84. The molecule has 0 bridgehead atoms. The second-order valence-electron chi connectivity index (χ2n) is 5.45. The van der Waals surface area contributed by atoms with Crippen molar-refractivity contribution in [3.63, 3.8) is 0 Å². The van der Waals surface area contributed by atoms with Crippen LogP contribution in [0.25, 0.3) is 11.4 Å². The van der Waals surface area contributed by atoms with E-state index in [-0.39, 0.29) is 0 Å². The molecule has 0 aliphatic heterocycles. The maximum Gasteiger partial charge on any atom is 0.195 e. The fourth-order valence-electron chi connectivity index (χ4n) is 2.44. The van der Waals surface area contributed by atoms with Crippen LogP contribution < -0.4 is 0 Å². The molecule has 5 nitrogen and oxygen atoms in total. The SMILES string of the molecule is CC(Cn1c(-c2cccnc2)n[nH]c1=S)N(C)C1CC1. The lowest BCUT2D eigenvalue weighted by Gasteiger charge is -2.25. The van der Waals surface area contributed by atoms with E-state index in [1.54, 1.807) is 6.20 Å². The molecule has 1 N–H and O–H groups in total. The van der Waals surface area contributed by atoms with E-state index in [1.165, 1.54) is 12.8 Å². The Morgan fingerprint density at radius 1 is 1.55 bits per heavy atom. The van der Waals surface area contributed by atoms with Crippen molar-refractivity contribution >= 4 is 12.2 Å². The van der Waals surface area contributed by atoms with Crippen molar-refractivity contribution in [3.05, 3.63) is 29.3 Å². The molecule has 1 aliphatic carbocycles. The summed E-state index contributed by atoms with van der Waals surface area (Å²) in [6.07, 6.45) is 6.20. The number of pyridine rings is 1. The third-order valence-corrected chi connectivity index (χ3v) is 4.25. The maximum absolute atomic E-state index is 5.37. The monoisotopic (exact) mass is 289 g/mol. The van der Waals surface area contributed by atoms with Gasteiger partial charge in [-0.25, -0.2) is 0 Å². The van der Waals surface area contributed by atoms with Crippen molar-refractivity contribution in [3.8, 4) is 11.4 Å². The molecule has 0 aromatic carbocycles. The molecule has 0 saturated heterocycles. The standard InChI is InChI=1S/C14H19N5S/c1-10(18(2)12-5-6-12)9-19-13(16-17-14(19)20)11-4-3-7-15-8-11/h3-4,7-8,10,12H,5-6,9H2,1-2H3,(H,17,20). The summed E-state index contributed by atoms with van der Waals surface area (Å²) in [6.45, 7) is 3.08. The number of aromatic amines is 1. The van der Waals surface area contributed by atoms with E-state index in [9.17, 15) is 0 Å². The van der Waals surface area contributed by atoms with Crippen LogP contribution in [0.4, 0.5) is 0 Å². The van der Waals surface area contributed by atoms with Crippen molar-refractivity contribution < 1.29 is 0 Å². The lowest BCUT2D eigenvalue weighted by molar-refractivity contribution is 0.225. The molecule has 1 saturated carbocycles. The number of likely N-dealkylation sites (N-methyl/N-ethyl adjacent to an activating group) is 1. The number of nitrogens with zero attached hydrogens (tertiary/aromatic N) is 4. The number of rotatable bonds is 5. The van der Waals surface area contributed by atoms with Gasteiger partial charge in [0.25, 0.3) is 0 Å². The Balaban J connectivity index is 1.86. The van der Waals surface area contributed by atoms with E-state index in [1.807, 2.05) is 18.3 Å². The van der Waals surface area contributed by atoms with Crippen LogP contribution in [-0.2, 0) is 6.54 Å². The molecule has 0 spiro atoms. The largest absolute Gasteiger partial charge is 0.299 e. The average Bonchev–Trinajstić information content (AvgIpc) is 3.25. The van der Waals surface area contributed by atoms with Crippen molar-refractivity contribution in [2.75, 3.05) is 7.05 Å². The van der Waals surface area contributed by atoms with Crippen LogP contribution in [0.2, 0.25) is 0 Å². The number of nitrogens with one attached hydrogen (secondary N) is 1. The number of hydrogen-bond acceptors (Lipinski definition) is 4. The second kappa shape index (κ2) is 5.46. The molecule has 0 amide bonds. The van der Waals surface area contributed by atoms with E-state index >= 15 is 0 Å². The minimum absolute atomic E-state index is 0.433. The molecule has 2 aromatic rings. The summed E-state index contributed by atoms with van der Waals surface area (Å²) >= 11 is 5.37. The van der Waals surface area contributed by atoms with Crippen LogP contribution in [0, 0.1) is 4.77 Å². The molecule has 6 heteroatoms. The highest BCUT2D eigenvalue weighted by Gasteiger charge is 2.29. The van der Waals surface area contributed by atoms with Gasteiger partial charge in [0.2, 0.25) is 0 Å². The topological polar surface area (TPSA) is 49.7 Å². The normalized spacial score (nSPS) is 16.6. The zero-order valence-electron chi connectivity index (χ0n) is 11.8. The molecule has 1 unspecified atom stereocenters. The predicted molar refractivity (Wildman–Crippen MR) is 80.9 cm³/mol. The quantitative estimate of drug-likeness (QED) is 0.859. The minimum Gasteiger partial charge on any atom is -0.299 e. The van der Waals surface area contributed by atoms with Crippen LogP contribution in [-0.4, -0.2) is 43.8 Å². The Hall–Kier alpha value is -1.53. The van der Waals surface area contributed by atoms with Gasteiger partial charge in [-0.3, -0.25) is 19.5 Å². The summed E-state index contributed by atoms with van der Waals surface area (Å²) < 4.78 is 2.73. The summed E-state index contributed by atoms with van der Waals surface area (Å²) in [6, 6.07) is 5.09. The summed E-state index contributed by atoms with van der Waals surface area (Å²) in [5, 5.41) is 7.24. The summed E-state index contributed by atoms with van der Waals surface area (Å²) in [5.74, 6) is 0.860. The first-order valence-corrected chi connectivity index (χ1v) is 7.35. The Morgan fingerprint density at radius 2 is 2.35 bits per heavy atom. The maximum atomic E-state index is 5.37. The van der Waals surface area contributed by atoms with E-state index in [0.717, 1.165) is 24.0 Å². The van der Waals surface area contributed by atoms with Gasteiger partial charge in [0.15, 0.2) is 10.6 Å². The van der Waals surface area contributed by atoms with Crippen molar-refractivity contribution in [1.29, 1.82) is 0 Å². The smallest absolute Gasteiger partial charge is 0.195 e. The van der Waals surface area contributed by atoms with Crippen LogP contribution in [0.15, 0.2) is 24.5 Å². The van der Waals surface area contributed by atoms with E-state index in [0.29, 0.717) is 10.8 Å². The van der Waals surface area contributed by atoms with Gasteiger partial charge in [0.1, 0.15) is 0 Å². The van der Waals surface area contributed by atoms with Crippen LogP contribution in [0.5, 0.6) is 0 Å². The first-order valence-electron chi connectivity index (χ1n) is 6.94. The molecule has 2 heterocycles. The summed E-state index contributed by atoms with van der Waals surface area (Å²) in [4.78, 5) is 6.58. The zero-order chi connectivity index (χ0) is 14.1. The third-order valence-electron chi connectivity index (χ3n) is 3.94. The zero-order valence-corrected chi connectivity index (χ0v) is 12.6. The lowest BCUT2D eigenvalue weighted by atomic mass is 10.2. The van der Waals surface area contributed by atoms with Gasteiger partial charge in [0, 0.05) is 36.6 Å². The molecule has 3 rings (SSSR count). The van der Waals surface area contributed by atoms with E-state index in [2.05, 4.69) is 38.6 Å². The Labute approximate surface area is 123 Å². The average molecular weight is 289 g/mol. The van der Waals surface area contributed by atoms with Crippen molar-refractivity contribution in [2.45, 2.75) is 38.4 Å². The van der Waals surface area contributed by atoms with Crippen LogP contribution in [0.1, 0.15) is 19.8 Å². The molecule has 2 aromatic heterocycles. The van der Waals surface area contributed by atoms with Gasteiger partial charge in [-0.1, -0.05) is 0 Å². The molecule has 1 fully saturated rings. The first kappa shape index (κ1) is 13.5. The Kier molecular flexibility index (Phi) is 3.67. The minimum atomic E-state index is 0.433. The van der Waals surface area contributed by atoms with Gasteiger partial charge >= 0.3 is 0 Å². The van der Waals surface area contributed by atoms with Crippen LogP contribution in [0.3, 0.4) is 0 Å².